The van der Waals surface area contributed by atoms with Gasteiger partial charge in [0.1, 0.15) is 5.69 Å². The Morgan fingerprint density at radius 2 is 1.61 bits per heavy atom. The summed E-state index contributed by atoms with van der Waals surface area (Å²) in [5, 5.41) is 7.57. The van der Waals surface area contributed by atoms with Gasteiger partial charge in [-0.3, -0.25) is 13.9 Å². The summed E-state index contributed by atoms with van der Waals surface area (Å²) in [6.45, 7) is 2.45. The number of para-hydroxylation sites is 1. The number of rotatable bonds is 7. The van der Waals surface area contributed by atoms with Gasteiger partial charge < -0.3 is 0 Å². The Hall–Kier alpha value is -3.01. The lowest BCUT2D eigenvalue weighted by molar-refractivity contribution is 0.103. The fraction of sp³-hybridized carbons (Fsp3) is 0.250. The Bertz CT molecular complexity index is 1150. The topological polar surface area (TPSA) is 34.9 Å². The number of halogens is 1. The largest absolute Gasteiger partial charge is 0.287 e. The fourth-order valence-corrected chi connectivity index (χ4v) is 3.77. The Morgan fingerprint density at radius 1 is 0.893 bits per heavy atom. The van der Waals surface area contributed by atoms with Crippen LogP contribution in [0.5, 0.6) is 0 Å². The van der Waals surface area contributed by atoms with Gasteiger partial charge in [0.2, 0.25) is 5.78 Å². The van der Waals surface area contributed by atoms with E-state index in [-0.39, 0.29) is 12.5 Å². The van der Waals surface area contributed by atoms with Gasteiger partial charge in [0.25, 0.3) is 0 Å². The molecule has 4 heteroatoms. The monoisotopic (exact) mass is 374 g/mol. The zero-order valence-corrected chi connectivity index (χ0v) is 16.0. The number of aryl methyl sites for hydroxylation is 2. The molecule has 1 aromatic heterocycles. The fourth-order valence-electron chi connectivity index (χ4n) is 3.77. The van der Waals surface area contributed by atoms with Crippen LogP contribution in [0.3, 0.4) is 0 Å². The van der Waals surface area contributed by atoms with Gasteiger partial charge in [0.15, 0.2) is 0 Å². The van der Waals surface area contributed by atoms with E-state index < -0.39 is 0 Å². The third-order valence-electron chi connectivity index (χ3n) is 5.26. The molecule has 0 aliphatic carbocycles. The lowest BCUT2D eigenvalue weighted by Gasteiger charge is -2.07. The smallest absolute Gasteiger partial charge is 0.214 e. The molecule has 3 aromatic carbocycles. The summed E-state index contributed by atoms with van der Waals surface area (Å²) in [4.78, 5) is 13.4. The maximum atomic E-state index is 13.4. The highest BCUT2D eigenvalue weighted by atomic mass is 19.1. The highest BCUT2D eigenvalue weighted by Crippen LogP contribution is 2.27. The van der Waals surface area contributed by atoms with Crippen LogP contribution in [0.15, 0.2) is 60.7 Å². The Labute approximate surface area is 163 Å². The first kappa shape index (κ1) is 18.4. The molecule has 0 amide bonds. The van der Waals surface area contributed by atoms with Crippen LogP contribution < -0.4 is 0 Å². The van der Waals surface area contributed by atoms with E-state index in [2.05, 4.69) is 12.0 Å². The summed E-state index contributed by atoms with van der Waals surface area (Å²) >= 11 is 0. The minimum atomic E-state index is -0.288. The Kier molecular flexibility index (Phi) is 5.20. The predicted octanol–water partition coefficient (Wildman–Crippen LogP) is 5.87. The van der Waals surface area contributed by atoms with Crippen molar-refractivity contribution in [2.24, 2.45) is 0 Å². The van der Waals surface area contributed by atoms with Crippen molar-refractivity contribution in [1.82, 2.24) is 9.78 Å². The number of ketones is 1. The average molecular weight is 374 g/mol. The molecule has 0 fully saturated rings. The molecule has 0 saturated carbocycles. The summed E-state index contributed by atoms with van der Waals surface area (Å²) < 4.78 is 14.2. The number of fused-ring (bicyclic) bond motifs is 2. The molecule has 0 atom stereocenters. The molecule has 142 valence electrons. The normalized spacial score (nSPS) is 11.4. The first-order chi connectivity index (χ1) is 13.7. The van der Waals surface area contributed by atoms with E-state index >= 15 is 0 Å². The van der Waals surface area contributed by atoms with Gasteiger partial charge in [-0.15, -0.1) is 0 Å². The van der Waals surface area contributed by atoms with E-state index in [1.807, 2.05) is 65.3 Å². The number of hydrogen-bond donors (Lipinski definition) is 0. The minimum absolute atomic E-state index is 0.0603. The molecular formula is C24H23FN2O. The highest BCUT2D eigenvalue weighted by molar-refractivity contribution is 6.20. The Morgan fingerprint density at radius 3 is 2.39 bits per heavy atom. The first-order valence-electron chi connectivity index (χ1n) is 9.75. The molecule has 0 aliphatic heterocycles. The summed E-state index contributed by atoms with van der Waals surface area (Å²) in [5.74, 6) is -0.0603. The standard InChI is InChI=1S/C24H23FN2O/c1-17-13-14-20(19-10-4-3-9-18(17)19)24(28)23-21-11-5-6-12-22(21)27(26-23)16-8-2-7-15-25/h3-6,9-14H,2,7-8,15-16H2,1H3. The summed E-state index contributed by atoms with van der Waals surface area (Å²) in [5.41, 5.74) is 3.25. The van der Waals surface area contributed by atoms with Gasteiger partial charge in [-0.25, -0.2) is 0 Å². The molecule has 0 spiro atoms. The van der Waals surface area contributed by atoms with Crippen molar-refractivity contribution in [3.05, 3.63) is 77.5 Å². The van der Waals surface area contributed by atoms with Gasteiger partial charge >= 0.3 is 0 Å². The molecular weight excluding hydrogens is 351 g/mol. The van der Waals surface area contributed by atoms with Crippen LogP contribution in [0, 0.1) is 6.92 Å². The zero-order valence-electron chi connectivity index (χ0n) is 16.0. The second kappa shape index (κ2) is 7.93. The number of alkyl halides is 1. The first-order valence-corrected chi connectivity index (χ1v) is 9.75. The summed E-state index contributed by atoms with van der Waals surface area (Å²) in [6.07, 6.45) is 2.23. The summed E-state index contributed by atoms with van der Waals surface area (Å²) in [6, 6.07) is 19.7. The second-order valence-electron chi connectivity index (χ2n) is 7.14. The average Bonchev–Trinajstić information content (AvgIpc) is 3.10. The van der Waals surface area contributed by atoms with Crippen LogP contribution in [-0.4, -0.2) is 22.2 Å². The number of aromatic nitrogens is 2. The molecule has 0 bridgehead atoms. The van der Waals surface area contributed by atoms with E-state index in [0.717, 1.165) is 40.1 Å². The van der Waals surface area contributed by atoms with Crippen LogP contribution >= 0.6 is 0 Å². The van der Waals surface area contributed by atoms with Crippen molar-refractivity contribution in [1.29, 1.82) is 0 Å². The van der Waals surface area contributed by atoms with Gasteiger partial charge in [-0.05, 0) is 48.6 Å². The lowest BCUT2D eigenvalue weighted by atomic mass is 9.96. The predicted molar refractivity (Wildman–Crippen MR) is 112 cm³/mol. The zero-order chi connectivity index (χ0) is 19.5. The van der Waals surface area contributed by atoms with Crippen molar-refractivity contribution in [2.75, 3.05) is 6.67 Å². The van der Waals surface area contributed by atoms with Gasteiger partial charge in [0.05, 0.1) is 12.2 Å². The van der Waals surface area contributed by atoms with E-state index in [1.165, 1.54) is 0 Å². The molecule has 0 radical (unpaired) electrons. The number of carbonyl (C=O) groups excluding carboxylic acids is 1. The lowest BCUT2D eigenvalue weighted by Crippen LogP contribution is -2.06. The van der Waals surface area contributed by atoms with Crippen molar-refractivity contribution >= 4 is 27.5 Å². The van der Waals surface area contributed by atoms with Crippen molar-refractivity contribution in [3.63, 3.8) is 0 Å². The van der Waals surface area contributed by atoms with Gasteiger partial charge in [-0.2, -0.15) is 5.10 Å². The van der Waals surface area contributed by atoms with Crippen LogP contribution in [0.1, 0.15) is 40.9 Å². The number of hydrogen-bond acceptors (Lipinski definition) is 2. The van der Waals surface area contributed by atoms with Gasteiger partial charge in [0, 0.05) is 17.5 Å². The van der Waals surface area contributed by atoms with Crippen LogP contribution in [-0.2, 0) is 6.54 Å². The number of unbranched alkanes of at least 4 members (excludes halogenated alkanes) is 2. The SMILES string of the molecule is Cc1ccc(C(=O)c2nn(CCCCCF)c3ccccc23)c2ccccc12. The van der Waals surface area contributed by atoms with Crippen LogP contribution in [0.2, 0.25) is 0 Å². The maximum absolute atomic E-state index is 13.4. The molecule has 0 saturated heterocycles. The van der Waals surface area contributed by atoms with Crippen molar-refractivity contribution in [3.8, 4) is 0 Å². The summed E-state index contributed by atoms with van der Waals surface area (Å²) in [7, 11) is 0. The molecule has 0 N–H and O–H groups in total. The maximum Gasteiger partial charge on any atom is 0.214 e. The second-order valence-corrected chi connectivity index (χ2v) is 7.14. The van der Waals surface area contributed by atoms with E-state index in [0.29, 0.717) is 24.2 Å². The molecule has 3 nitrogen and oxygen atoms in total. The van der Waals surface area contributed by atoms with Crippen LogP contribution in [0.4, 0.5) is 4.39 Å². The highest BCUT2D eigenvalue weighted by Gasteiger charge is 2.20. The molecule has 4 aromatic rings. The number of benzene rings is 3. The quantitative estimate of drug-likeness (QED) is 0.300. The molecule has 28 heavy (non-hydrogen) atoms. The van der Waals surface area contributed by atoms with Crippen molar-refractivity contribution in [2.45, 2.75) is 32.7 Å². The Balaban J connectivity index is 1.77. The molecule has 1 heterocycles. The third-order valence-corrected chi connectivity index (χ3v) is 5.26. The molecule has 4 rings (SSSR count). The number of nitrogens with zero attached hydrogens (tertiary/aromatic N) is 2. The third kappa shape index (κ3) is 3.31. The molecule has 0 unspecified atom stereocenters. The van der Waals surface area contributed by atoms with E-state index in [9.17, 15) is 9.18 Å². The number of carbonyl (C=O) groups is 1. The van der Waals surface area contributed by atoms with E-state index in [4.69, 9.17) is 0 Å². The van der Waals surface area contributed by atoms with Gasteiger partial charge in [-0.1, -0.05) is 54.6 Å². The molecule has 0 aliphatic rings. The van der Waals surface area contributed by atoms with Crippen LogP contribution in [0.25, 0.3) is 21.7 Å². The minimum Gasteiger partial charge on any atom is -0.287 e. The van der Waals surface area contributed by atoms with E-state index in [1.54, 1.807) is 0 Å². The van der Waals surface area contributed by atoms with Crippen molar-refractivity contribution < 1.29 is 9.18 Å².